The van der Waals surface area contributed by atoms with Crippen molar-refractivity contribution in [3.05, 3.63) is 134 Å². The fourth-order valence-electron chi connectivity index (χ4n) is 6.22. The fourth-order valence-corrected chi connectivity index (χ4v) is 6.22. The first-order valence-corrected chi connectivity index (χ1v) is 25.3. The molecule has 0 saturated carbocycles. The van der Waals surface area contributed by atoms with Crippen LogP contribution in [0.4, 0.5) is 0 Å². The molecule has 0 aliphatic carbocycles. The first kappa shape index (κ1) is 59.5. The first-order chi connectivity index (χ1) is 31.5. The van der Waals surface area contributed by atoms with Gasteiger partial charge in [-0.25, -0.2) is 0 Å². The summed E-state index contributed by atoms with van der Waals surface area (Å²) in [5.41, 5.74) is 0. The Labute approximate surface area is 392 Å². The van der Waals surface area contributed by atoms with Gasteiger partial charge in [0.1, 0.15) is 13.2 Å². The molecule has 0 spiro atoms. The van der Waals surface area contributed by atoms with E-state index in [0.29, 0.717) is 19.3 Å². The van der Waals surface area contributed by atoms with Crippen LogP contribution in [0.1, 0.15) is 194 Å². The summed E-state index contributed by atoms with van der Waals surface area (Å²) in [6.45, 7) is 6.30. The van der Waals surface area contributed by atoms with Crippen LogP contribution in [-0.4, -0.2) is 37.2 Å². The Balaban J connectivity index is 4.64. The molecule has 0 aliphatic rings. The van der Waals surface area contributed by atoms with Crippen LogP contribution < -0.4 is 0 Å². The molecule has 6 nitrogen and oxygen atoms in total. The van der Waals surface area contributed by atoms with Gasteiger partial charge in [0.05, 0.1) is 0 Å². The lowest BCUT2D eigenvalue weighted by atomic mass is 10.1. The maximum Gasteiger partial charge on any atom is 0.306 e. The summed E-state index contributed by atoms with van der Waals surface area (Å²) in [6.07, 6.45) is 71.6. The van der Waals surface area contributed by atoms with E-state index < -0.39 is 6.10 Å². The van der Waals surface area contributed by atoms with Gasteiger partial charge in [-0.15, -0.1) is 0 Å². The second-order valence-corrected chi connectivity index (χ2v) is 16.1. The highest BCUT2D eigenvalue weighted by atomic mass is 16.6. The Bertz CT molecular complexity index is 1430. The summed E-state index contributed by atoms with van der Waals surface area (Å²) in [7, 11) is 0. The van der Waals surface area contributed by atoms with Crippen LogP contribution in [0.5, 0.6) is 0 Å². The molecule has 0 saturated heterocycles. The molecule has 0 aromatic heterocycles. The van der Waals surface area contributed by atoms with E-state index in [1.165, 1.54) is 70.6 Å². The number of esters is 3. The van der Waals surface area contributed by atoms with Crippen molar-refractivity contribution in [1.29, 1.82) is 0 Å². The minimum atomic E-state index is -0.847. The average molecular weight is 883 g/mol. The van der Waals surface area contributed by atoms with Crippen LogP contribution in [-0.2, 0) is 28.6 Å². The van der Waals surface area contributed by atoms with Gasteiger partial charge in [-0.3, -0.25) is 14.4 Å². The van der Waals surface area contributed by atoms with Gasteiger partial charge in [0.2, 0.25) is 0 Å². The summed E-state index contributed by atoms with van der Waals surface area (Å²) in [6, 6.07) is 0. The van der Waals surface area contributed by atoms with Crippen LogP contribution in [0.3, 0.4) is 0 Å². The summed E-state index contributed by atoms with van der Waals surface area (Å²) in [4.78, 5) is 37.9. The Morgan fingerprint density at radius 3 is 1.20 bits per heavy atom. The van der Waals surface area contributed by atoms with E-state index >= 15 is 0 Å². The van der Waals surface area contributed by atoms with Gasteiger partial charge in [0, 0.05) is 19.3 Å². The van der Waals surface area contributed by atoms with Crippen molar-refractivity contribution in [2.75, 3.05) is 13.2 Å². The third-order valence-electron chi connectivity index (χ3n) is 10.0. The minimum Gasteiger partial charge on any atom is -0.462 e. The van der Waals surface area contributed by atoms with E-state index in [1.54, 1.807) is 0 Å². The summed E-state index contributed by atoms with van der Waals surface area (Å²) < 4.78 is 16.6. The molecule has 0 N–H and O–H groups in total. The molecule has 0 rings (SSSR count). The number of carbonyl (C=O) groups excluding carboxylic acids is 3. The quantitative estimate of drug-likeness (QED) is 0.0200. The lowest BCUT2D eigenvalue weighted by Crippen LogP contribution is -2.30. The third kappa shape index (κ3) is 48.6. The zero-order valence-electron chi connectivity index (χ0n) is 40.7. The van der Waals surface area contributed by atoms with Crippen molar-refractivity contribution < 1.29 is 28.6 Å². The van der Waals surface area contributed by atoms with E-state index in [0.717, 1.165) is 64.2 Å². The molecule has 64 heavy (non-hydrogen) atoms. The predicted molar refractivity (Wildman–Crippen MR) is 274 cm³/mol. The van der Waals surface area contributed by atoms with Crippen LogP contribution in [0.25, 0.3) is 0 Å². The number of unbranched alkanes of at least 4 members (excludes halogenated alkanes) is 15. The van der Waals surface area contributed by atoms with Gasteiger partial charge >= 0.3 is 17.9 Å². The first-order valence-electron chi connectivity index (χ1n) is 25.3. The molecule has 0 fully saturated rings. The van der Waals surface area contributed by atoms with Gasteiger partial charge in [-0.2, -0.15) is 0 Å². The van der Waals surface area contributed by atoms with Crippen molar-refractivity contribution in [3.63, 3.8) is 0 Å². The molecule has 6 heteroatoms. The van der Waals surface area contributed by atoms with E-state index in [2.05, 4.69) is 99.8 Å². The maximum atomic E-state index is 12.8. The molecule has 0 aromatic rings. The smallest absolute Gasteiger partial charge is 0.306 e. The number of rotatable bonds is 43. The van der Waals surface area contributed by atoms with Gasteiger partial charge < -0.3 is 14.2 Å². The minimum absolute atomic E-state index is 0.145. The van der Waals surface area contributed by atoms with Gasteiger partial charge in [-0.1, -0.05) is 212 Å². The molecule has 0 heterocycles. The van der Waals surface area contributed by atoms with Crippen LogP contribution in [0.2, 0.25) is 0 Å². The normalized spacial score (nSPS) is 13.2. The second kappa shape index (κ2) is 51.2. The number of hydrogen-bond donors (Lipinski definition) is 0. The highest BCUT2D eigenvalue weighted by molar-refractivity contribution is 5.71. The Morgan fingerprint density at radius 2 is 0.688 bits per heavy atom. The van der Waals surface area contributed by atoms with Crippen molar-refractivity contribution in [3.8, 4) is 0 Å². The van der Waals surface area contributed by atoms with Crippen LogP contribution in [0, 0.1) is 0 Å². The van der Waals surface area contributed by atoms with E-state index in [-0.39, 0.29) is 50.4 Å². The second-order valence-electron chi connectivity index (χ2n) is 16.1. The largest absolute Gasteiger partial charge is 0.462 e. The van der Waals surface area contributed by atoms with Crippen molar-refractivity contribution in [1.82, 2.24) is 0 Å². The molecule has 358 valence electrons. The van der Waals surface area contributed by atoms with E-state index in [1.807, 2.05) is 54.7 Å². The lowest BCUT2D eigenvalue weighted by Gasteiger charge is -2.18. The molecule has 0 amide bonds. The molecular formula is C58H90O6. The van der Waals surface area contributed by atoms with Gasteiger partial charge in [0.15, 0.2) is 6.10 Å². The van der Waals surface area contributed by atoms with E-state index in [9.17, 15) is 14.4 Å². The van der Waals surface area contributed by atoms with Gasteiger partial charge in [0.25, 0.3) is 0 Å². The highest BCUT2D eigenvalue weighted by Crippen LogP contribution is 2.11. The topological polar surface area (TPSA) is 78.9 Å². The Kier molecular flexibility index (Phi) is 47.6. The zero-order chi connectivity index (χ0) is 46.5. The molecule has 0 bridgehead atoms. The standard InChI is InChI=1S/C58H90O6/c1-4-7-10-13-16-19-22-25-27-29-31-33-36-39-42-45-48-51-57(60)63-54-55(53-62-56(59)50-47-44-41-38-35-32-24-21-18-15-12-9-6-3)64-58(61)52-49-46-43-40-37-34-30-28-26-23-20-17-14-11-8-5-2/h9,12,15-16,18-19,21,24-25,27-28,30-35,37-39,41-42,55H,4-8,10-11,13-14,17,20,22-23,26,29,36,40,43-54H2,1-3H3/b12-9+,18-15+,19-16+,24-21+,27-25+,30-28+,33-31+,35-32+,37-34+,41-38+,42-39+. The maximum absolute atomic E-state index is 12.8. The van der Waals surface area contributed by atoms with Crippen LogP contribution >= 0.6 is 0 Å². The number of ether oxygens (including phenoxy) is 3. The zero-order valence-corrected chi connectivity index (χ0v) is 40.7. The van der Waals surface area contributed by atoms with Crippen molar-refractivity contribution >= 4 is 17.9 Å². The highest BCUT2D eigenvalue weighted by Gasteiger charge is 2.19. The number of allylic oxidation sites excluding steroid dienone is 22. The lowest BCUT2D eigenvalue weighted by molar-refractivity contribution is -0.167. The summed E-state index contributed by atoms with van der Waals surface area (Å²) in [5, 5.41) is 0. The molecular weight excluding hydrogens is 793 g/mol. The summed E-state index contributed by atoms with van der Waals surface area (Å²) in [5.74, 6) is -1.11. The predicted octanol–water partition coefficient (Wildman–Crippen LogP) is 16.7. The third-order valence-corrected chi connectivity index (χ3v) is 10.0. The van der Waals surface area contributed by atoms with Crippen LogP contribution in [0.15, 0.2) is 134 Å². The average Bonchev–Trinajstić information content (AvgIpc) is 3.29. The molecule has 1 atom stereocenters. The SMILES string of the molecule is CC/C=C/C=C/C=C/C=C/C=C/CCCC(=O)OCC(COC(=O)CCC/C=C/C/C=C/C/C=C/C/C=C/CCCCC)OC(=O)CCCCC/C=C/C=C/CCCCCCCCC. The monoisotopic (exact) mass is 883 g/mol. The number of carbonyl (C=O) groups is 3. The van der Waals surface area contributed by atoms with Gasteiger partial charge in [-0.05, 0) is 96.3 Å². The van der Waals surface area contributed by atoms with Crippen molar-refractivity contribution in [2.45, 2.75) is 200 Å². The molecule has 0 radical (unpaired) electrons. The molecule has 0 aliphatic heterocycles. The Morgan fingerprint density at radius 1 is 0.344 bits per heavy atom. The Hall–Kier alpha value is -4.45. The van der Waals surface area contributed by atoms with E-state index in [4.69, 9.17) is 14.2 Å². The fraction of sp³-hybridized carbons (Fsp3) is 0.569. The molecule has 1 unspecified atom stereocenters. The molecule has 0 aromatic carbocycles. The number of hydrogen-bond acceptors (Lipinski definition) is 6. The summed E-state index contributed by atoms with van der Waals surface area (Å²) >= 11 is 0. The van der Waals surface area contributed by atoms with Crippen molar-refractivity contribution in [2.24, 2.45) is 0 Å².